The van der Waals surface area contributed by atoms with Gasteiger partial charge in [-0.25, -0.2) is 5.01 Å². The second kappa shape index (κ2) is 15.0. The SMILES string of the molecule is Cc1nc(-c2ccc(N(CC(=O)NCCNC(C)C)CC(=O)N(C)N3Cc4ccccc4C3)c(C)c2)no1.Cl.Cl. The third-order valence-corrected chi connectivity index (χ3v) is 6.59. The third kappa shape index (κ3) is 8.41. The lowest BCUT2D eigenvalue weighted by atomic mass is 10.1. The van der Waals surface area contributed by atoms with Gasteiger partial charge in [0.15, 0.2) is 0 Å². The number of hydrazine groups is 1. The molecule has 0 saturated carbocycles. The second-order valence-corrected chi connectivity index (χ2v) is 9.96. The number of carbonyl (C=O) groups excluding carboxylic acids is 2. The van der Waals surface area contributed by atoms with Crippen LogP contribution in [0.2, 0.25) is 0 Å². The Morgan fingerprint density at radius 3 is 2.27 bits per heavy atom. The highest BCUT2D eigenvalue weighted by Crippen LogP contribution is 2.27. The zero-order valence-electron chi connectivity index (χ0n) is 23.6. The van der Waals surface area contributed by atoms with Gasteiger partial charge < -0.3 is 20.1 Å². The van der Waals surface area contributed by atoms with Crippen molar-refractivity contribution in [3.8, 4) is 11.4 Å². The van der Waals surface area contributed by atoms with Crippen molar-refractivity contribution in [2.24, 2.45) is 0 Å². The lowest BCUT2D eigenvalue weighted by molar-refractivity contribution is -0.145. The molecular weight excluding hydrogens is 553 g/mol. The summed E-state index contributed by atoms with van der Waals surface area (Å²) < 4.78 is 5.12. The minimum absolute atomic E-state index is 0. The molecule has 0 spiro atoms. The molecule has 0 unspecified atom stereocenters. The molecule has 218 valence electrons. The first-order chi connectivity index (χ1) is 18.2. The van der Waals surface area contributed by atoms with Crippen LogP contribution in [0.3, 0.4) is 0 Å². The highest BCUT2D eigenvalue weighted by Gasteiger charge is 2.27. The number of nitrogens with zero attached hydrogens (tertiary/aromatic N) is 5. The molecular formula is C28H39Cl2N7O3. The van der Waals surface area contributed by atoms with E-state index >= 15 is 0 Å². The first kappa shape index (κ1) is 33.0. The summed E-state index contributed by atoms with van der Waals surface area (Å²) in [5, 5.41) is 13.9. The molecule has 2 heterocycles. The third-order valence-electron chi connectivity index (χ3n) is 6.59. The Hall–Kier alpha value is -3.18. The molecule has 0 saturated heterocycles. The van der Waals surface area contributed by atoms with Crippen LogP contribution in [0.1, 0.15) is 36.4 Å². The van der Waals surface area contributed by atoms with Crippen molar-refractivity contribution < 1.29 is 14.1 Å². The van der Waals surface area contributed by atoms with Crippen molar-refractivity contribution in [2.45, 2.75) is 46.8 Å². The average molecular weight is 593 g/mol. The number of amides is 2. The quantitative estimate of drug-likeness (QED) is 0.326. The number of benzene rings is 2. The van der Waals surface area contributed by atoms with E-state index in [0.717, 1.165) is 16.8 Å². The van der Waals surface area contributed by atoms with Gasteiger partial charge in [-0.3, -0.25) is 14.6 Å². The summed E-state index contributed by atoms with van der Waals surface area (Å²) in [6, 6.07) is 14.3. The van der Waals surface area contributed by atoms with Crippen molar-refractivity contribution in [3.05, 3.63) is 65.0 Å². The van der Waals surface area contributed by atoms with Crippen LogP contribution < -0.4 is 15.5 Å². The standard InChI is InChI=1S/C28H37N7O3.2ClH/c1-19(2)29-12-13-30-26(36)17-34(25-11-10-22(14-20(25)3)28-31-21(4)38-32-28)18-27(37)33(5)35-15-23-8-6-7-9-24(23)16-35;;/h6-11,14,19,29H,12-13,15-18H2,1-5H3,(H,30,36);2*1H. The van der Waals surface area contributed by atoms with Gasteiger partial charge in [-0.05, 0) is 41.8 Å². The van der Waals surface area contributed by atoms with E-state index in [9.17, 15) is 9.59 Å². The molecule has 1 aromatic heterocycles. The van der Waals surface area contributed by atoms with Crippen LogP contribution in [0.25, 0.3) is 11.4 Å². The number of rotatable bonds is 11. The van der Waals surface area contributed by atoms with E-state index in [1.807, 2.05) is 47.2 Å². The number of nitrogens with one attached hydrogen (secondary N) is 2. The van der Waals surface area contributed by atoms with Gasteiger partial charge >= 0.3 is 0 Å². The van der Waals surface area contributed by atoms with Crippen LogP contribution in [0.5, 0.6) is 0 Å². The van der Waals surface area contributed by atoms with Gasteiger partial charge in [-0.15, -0.1) is 24.8 Å². The van der Waals surface area contributed by atoms with Crippen LogP contribution in [-0.2, 0) is 22.7 Å². The molecule has 0 atom stereocenters. The van der Waals surface area contributed by atoms with Crippen molar-refractivity contribution >= 4 is 42.3 Å². The van der Waals surface area contributed by atoms with Gasteiger partial charge in [-0.2, -0.15) is 4.98 Å². The number of anilines is 1. The van der Waals surface area contributed by atoms with Crippen LogP contribution in [-0.4, -0.2) is 71.2 Å². The fourth-order valence-corrected chi connectivity index (χ4v) is 4.53. The van der Waals surface area contributed by atoms with Crippen LogP contribution in [0, 0.1) is 13.8 Å². The topological polar surface area (TPSA) is 107 Å². The number of likely N-dealkylation sites (N-methyl/N-ethyl adjacent to an activating group) is 1. The Kier molecular flexibility index (Phi) is 12.4. The molecule has 40 heavy (non-hydrogen) atoms. The normalized spacial score (nSPS) is 12.3. The summed E-state index contributed by atoms with van der Waals surface area (Å²) in [4.78, 5) is 32.5. The molecule has 0 fully saturated rings. The van der Waals surface area contributed by atoms with E-state index in [-0.39, 0.29) is 49.7 Å². The number of fused-ring (bicyclic) bond motifs is 1. The summed E-state index contributed by atoms with van der Waals surface area (Å²) in [5.74, 6) is 0.759. The summed E-state index contributed by atoms with van der Waals surface area (Å²) in [6.45, 7) is 10.5. The maximum atomic E-state index is 13.5. The van der Waals surface area contributed by atoms with Crippen LogP contribution >= 0.6 is 24.8 Å². The molecule has 12 heteroatoms. The van der Waals surface area contributed by atoms with Crippen molar-refractivity contribution in [2.75, 3.05) is 38.1 Å². The Morgan fingerprint density at radius 1 is 1.02 bits per heavy atom. The number of halogens is 2. The lowest BCUT2D eigenvalue weighted by Crippen LogP contribution is -2.48. The maximum Gasteiger partial charge on any atom is 0.256 e. The minimum Gasteiger partial charge on any atom is -0.353 e. The molecule has 4 rings (SSSR count). The number of aryl methyl sites for hydroxylation is 2. The van der Waals surface area contributed by atoms with E-state index in [4.69, 9.17) is 4.52 Å². The Balaban J connectivity index is 0.00000280. The van der Waals surface area contributed by atoms with Gasteiger partial charge in [0.2, 0.25) is 17.6 Å². The molecule has 0 aliphatic carbocycles. The second-order valence-electron chi connectivity index (χ2n) is 9.96. The molecule has 2 amide bonds. The van der Waals surface area contributed by atoms with Crippen molar-refractivity contribution in [1.82, 2.24) is 30.8 Å². The summed E-state index contributed by atoms with van der Waals surface area (Å²) in [6.07, 6.45) is 0. The van der Waals surface area contributed by atoms with E-state index in [2.05, 4.69) is 46.8 Å². The number of carbonyl (C=O) groups is 2. The van der Waals surface area contributed by atoms with E-state index in [1.54, 1.807) is 19.0 Å². The number of aromatic nitrogens is 2. The summed E-state index contributed by atoms with van der Waals surface area (Å²) in [5.41, 5.74) is 4.97. The fourth-order valence-electron chi connectivity index (χ4n) is 4.53. The average Bonchev–Trinajstić information content (AvgIpc) is 3.52. The summed E-state index contributed by atoms with van der Waals surface area (Å²) in [7, 11) is 1.79. The predicted molar refractivity (Wildman–Crippen MR) is 161 cm³/mol. The van der Waals surface area contributed by atoms with Gasteiger partial charge in [0.1, 0.15) is 0 Å². The minimum atomic E-state index is -0.142. The molecule has 0 bridgehead atoms. The number of hydrogen-bond acceptors (Lipinski definition) is 8. The molecule has 10 nitrogen and oxygen atoms in total. The van der Waals surface area contributed by atoms with Crippen LogP contribution in [0.4, 0.5) is 5.69 Å². The van der Waals surface area contributed by atoms with Gasteiger partial charge in [0, 0.05) is 57.4 Å². The summed E-state index contributed by atoms with van der Waals surface area (Å²) >= 11 is 0. The van der Waals surface area contributed by atoms with E-state index in [0.29, 0.717) is 43.9 Å². The van der Waals surface area contributed by atoms with Crippen molar-refractivity contribution in [3.63, 3.8) is 0 Å². The first-order valence-corrected chi connectivity index (χ1v) is 13.0. The molecule has 3 aromatic rings. The Bertz CT molecular complexity index is 1260. The Morgan fingerprint density at radius 2 is 1.70 bits per heavy atom. The molecule has 1 aliphatic heterocycles. The fraction of sp³-hybridized carbons (Fsp3) is 0.429. The zero-order chi connectivity index (χ0) is 27.2. The Labute approximate surface area is 248 Å². The molecule has 1 aliphatic rings. The van der Waals surface area contributed by atoms with E-state index < -0.39 is 0 Å². The van der Waals surface area contributed by atoms with Gasteiger partial charge in [0.05, 0.1) is 13.1 Å². The van der Waals surface area contributed by atoms with Crippen LogP contribution in [0.15, 0.2) is 47.0 Å². The maximum absolute atomic E-state index is 13.5. The zero-order valence-corrected chi connectivity index (χ0v) is 25.3. The predicted octanol–water partition coefficient (Wildman–Crippen LogP) is 3.51. The molecule has 2 N–H and O–H groups in total. The monoisotopic (exact) mass is 591 g/mol. The smallest absolute Gasteiger partial charge is 0.256 e. The van der Waals surface area contributed by atoms with Gasteiger partial charge in [0.25, 0.3) is 5.91 Å². The molecule has 0 radical (unpaired) electrons. The first-order valence-electron chi connectivity index (χ1n) is 13.0. The van der Waals surface area contributed by atoms with E-state index in [1.165, 1.54) is 11.1 Å². The highest BCUT2D eigenvalue weighted by molar-refractivity contribution is 5.87. The lowest BCUT2D eigenvalue weighted by Gasteiger charge is -2.32. The van der Waals surface area contributed by atoms with Crippen molar-refractivity contribution in [1.29, 1.82) is 0 Å². The number of hydrogen-bond donors (Lipinski definition) is 2. The largest absolute Gasteiger partial charge is 0.353 e. The van der Waals surface area contributed by atoms with Gasteiger partial charge in [-0.1, -0.05) is 43.3 Å². The highest BCUT2D eigenvalue weighted by atomic mass is 35.5. The molecule has 2 aromatic carbocycles.